The Morgan fingerprint density at radius 3 is 2.63 bits per heavy atom. The lowest BCUT2D eigenvalue weighted by atomic mass is 9.98. The summed E-state index contributed by atoms with van der Waals surface area (Å²) >= 11 is 1.85. The van der Waals surface area contributed by atoms with Gasteiger partial charge in [0.25, 0.3) is 0 Å². The van der Waals surface area contributed by atoms with Crippen LogP contribution in [0.4, 0.5) is 5.69 Å². The number of aryl methyl sites for hydroxylation is 1. The van der Waals surface area contributed by atoms with Crippen molar-refractivity contribution in [3.8, 4) is 5.75 Å². The predicted molar refractivity (Wildman–Crippen MR) is 148 cm³/mol. The van der Waals surface area contributed by atoms with Crippen LogP contribution in [0.3, 0.4) is 0 Å². The number of thiazole rings is 1. The highest BCUT2D eigenvalue weighted by Crippen LogP contribution is 2.36. The van der Waals surface area contributed by atoms with Crippen LogP contribution < -0.4 is 10.1 Å². The standard InChI is InChI=1S/C28H34N4OS.ClH/c1-28(2,3)27-31-25-24(34-27)17-20-7-5-6-8-23(20)30-26(25)32-16-15-29-21(18-32)12-9-19-10-13-22(33-4)14-11-19;/h5-8,10-11,13-14,21,29H,9,12,15-18H2,1-4H3;1H/t21-;/m0./s1. The molecule has 5 rings (SSSR count). The number of nitrogens with one attached hydrogen (secondary N) is 1. The molecule has 0 unspecified atom stereocenters. The third-order valence-electron chi connectivity index (χ3n) is 6.62. The maximum Gasteiger partial charge on any atom is 0.156 e. The number of ether oxygens (including phenoxy) is 1. The Morgan fingerprint density at radius 2 is 1.89 bits per heavy atom. The SMILES string of the molecule is COc1ccc(CC[C@H]2CN(C3=Nc4ccccc4Cc4sc(C(C)(C)C)nc43)CCN2)cc1.Cl. The third kappa shape index (κ3) is 5.71. The van der Waals surface area contributed by atoms with E-state index in [1.807, 2.05) is 23.5 Å². The van der Waals surface area contributed by atoms with E-state index >= 15 is 0 Å². The number of halogens is 1. The molecular weight excluding hydrogens is 476 g/mol. The Kier molecular flexibility index (Phi) is 7.84. The summed E-state index contributed by atoms with van der Waals surface area (Å²) in [5.74, 6) is 1.95. The zero-order chi connectivity index (χ0) is 23.7. The van der Waals surface area contributed by atoms with Crippen molar-refractivity contribution < 1.29 is 4.74 Å². The van der Waals surface area contributed by atoms with E-state index < -0.39 is 0 Å². The van der Waals surface area contributed by atoms with Crippen molar-refractivity contribution in [2.45, 2.75) is 51.5 Å². The quantitative estimate of drug-likeness (QED) is 0.484. The van der Waals surface area contributed by atoms with Crippen molar-refractivity contribution in [1.29, 1.82) is 0 Å². The maximum atomic E-state index is 5.29. The molecule has 0 spiro atoms. The molecule has 0 radical (unpaired) electrons. The molecule has 1 fully saturated rings. The molecule has 35 heavy (non-hydrogen) atoms. The molecule has 1 aromatic heterocycles. The van der Waals surface area contributed by atoms with Crippen LogP contribution in [0, 0.1) is 0 Å². The topological polar surface area (TPSA) is 49.8 Å². The van der Waals surface area contributed by atoms with Gasteiger partial charge in [0.1, 0.15) is 11.4 Å². The summed E-state index contributed by atoms with van der Waals surface area (Å²) in [7, 11) is 1.71. The number of methoxy groups -OCH3 is 1. The Labute approximate surface area is 219 Å². The highest BCUT2D eigenvalue weighted by molar-refractivity contribution is 7.12. The van der Waals surface area contributed by atoms with Gasteiger partial charge in [-0.2, -0.15) is 0 Å². The Bertz CT molecular complexity index is 1180. The van der Waals surface area contributed by atoms with Crippen LogP contribution in [0.2, 0.25) is 0 Å². The van der Waals surface area contributed by atoms with E-state index in [2.05, 4.69) is 67.4 Å². The van der Waals surface area contributed by atoms with Gasteiger partial charge in [-0.05, 0) is 42.2 Å². The second kappa shape index (κ2) is 10.7. The minimum Gasteiger partial charge on any atom is -0.497 e. The molecule has 0 saturated carbocycles. The average molecular weight is 511 g/mol. The number of hydrogen-bond acceptors (Lipinski definition) is 6. The van der Waals surface area contributed by atoms with Crippen LogP contribution in [0.5, 0.6) is 5.75 Å². The first-order valence-corrected chi connectivity index (χ1v) is 13.0. The van der Waals surface area contributed by atoms with Gasteiger partial charge in [0.15, 0.2) is 5.84 Å². The first kappa shape index (κ1) is 25.7. The smallest absolute Gasteiger partial charge is 0.156 e. The Balaban J connectivity index is 0.00000289. The number of rotatable bonds is 4. The number of hydrogen-bond donors (Lipinski definition) is 1. The van der Waals surface area contributed by atoms with Gasteiger partial charge in [0.2, 0.25) is 0 Å². The second-order valence-electron chi connectivity index (χ2n) is 10.3. The maximum absolute atomic E-state index is 5.29. The molecule has 1 atom stereocenters. The molecule has 3 heterocycles. The van der Waals surface area contributed by atoms with Crippen LogP contribution in [0.15, 0.2) is 53.5 Å². The number of para-hydroxylation sites is 1. The zero-order valence-electron chi connectivity index (χ0n) is 21.0. The number of benzene rings is 2. The summed E-state index contributed by atoms with van der Waals surface area (Å²) in [5, 5.41) is 4.92. The summed E-state index contributed by atoms with van der Waals surface area (Å²) in [6.07, 6.45) is 3.03. The monoisotopic (exact) mass is 510 g/mol. The van der Waals surface area contributed by atoms with E-state index in [9.17, 15) is 0 Å². The van der Waals surface area contributed by atoms with E-state index in [1.54, 1.807) is 7.11 Å². The molecule has 1 saturated heterocycles. The van der Waals surface area contributed by atoms with Crippen LogP contribution in [-0.2, 0) is 18.3 Å². The van der Waals surface area contributed by atoms with Gasteiger partial charge in [-0.15, -0.1) is 23.7 Å². The zero-order valence-corrected chi connectivity index (χ0v) is 22.6. The molecule has 7 heteroatoms. The van der Waals surface area contributed by atoms with E-state index in [1.165, 1.54) is 21.0 Å². The van der Waals surface area contributed by atoms with E-state index in [0.29, 0.717) is 6.04 Å². The predicted octanol–water partition coefficient (Wildman–Crippen LogP) is 5.76. The van der Waals surface area contributed by atoms with Crippen molar-refractivity contribution in [2.75, 3.05) is 26.7 Å². The lowest BCUT2D eigenvalue weighted by molar-refractivity contribution is 0.281. The highest BCUT2D eigenvalue weighted by Gasteiger charge is 2.31. The van der Waals surface area contributed by atoms with E-state index in [0.717, 1.165) is 61.9 Å². The number of fused-ring (bicyclic) bond motifs is 2. The van der Waals surface area contributed by atoms with Crippen molar-refractivity contribution in [1.82, 2.24) is 15.2 Å². The van der Waals surface area contributed by atoms with Gasteiger partial charge in [-0.1, -0.05) is 51.1 Å². The van der Waals surface area contributed by atoms with Crippen molar-refractivity contribution >= 4 is 35.3 Å². The normalized spacial score (nSPS) is 17.5. The number of aromatic nitrogens is 1. The molecular formula is C28H35ClN4OS. The fourth-order valence-electron chi connectivity index (χ4n) is 4.64. The lowest BCUT2D eigenvalue weighted by Gasteiger charge is -2.35. The van der Waals surface area contributed by atoms with Crippen molar-refractivity contribution in [2.24, 2.45) is 4.99 Å². The second-order valence-corrected chi connectivity index (χ2v) is 11.3. The van der Waals surface area contributed by atoms with Crippen molar-refractivity contribution in [3.63, 3.8) is 0 Å². The van der Waals surface area contributed by atoms with E-state index in [4.69, 9.17) is 14.7 Å². The minimum atomic E-state index is 0. The van der Waals surface area contributed by atoms with Gasteiger partial charge in [-0.3, -0.25) is 0 Å². The van der Waals surface area contributed by atoms with Gasteiger partial charge in [0.05, 0.1) is 17.8 Å². The summed E-state index contributed by atoms with van der Waals surface area (Å²) in [5.41, 5.74) is 4.83. The molecule has 0 bridgehead atoms. The largest absolute Gasteiger partial charge is 0.497 e. The molecule has 2 aliphatic heterocycles. The molecule has 3 aromatic rings. The number of aliphatic imine (C=N–C) groups is 1. The van der Waals surface area contributed by atoms with Gasteiger partial charge in [0, 0.05) is 42.4 Å². The van der Waals surface area contributed by atoms with Gasteiger partial charge < -0.3 is 15.0 Å². The van der Waals surface area contributed by atoms with E-state index in [-0.39, 0.29) is 17.8 Å². The minimum absolute atomic E-state index is 0. The number of amidine groups is 1. The fourth-order valence-corrected chi connectivity index (χ4v) is 5.78. The fraction of sp³-hybridized carbons (Fsp3) is 0.429. The van der Waals surface area contributed by atoms with Crippen molar-refractivity contribution in [3.05, 3.63) is 75.2 Å². The molecule has 5 nitrogen and oxygen atoms in total. The summed E-state index contributed by atoms with van der Waals surface area (Å²) < 4.78 is 5.29. The Hall–Kier alpha value is -2.41. The number of piperazine rings is 1. The average Bonchev–Trinajstić information content (AvgIpc) is 3.20. The van der Waals surface area contributed by atoms with Crippen LogP contribution in [0.25, 0.3) is 0 Å². The molecule has 1 N–H and O–H groups in total. The van der Waals surface area contributed by atoms with Gasteiger partial charge in [-0.25, -0.2) is 9.98 Å². The highest BCUT2D eigenvalue weighted by atomic mass is 35.5. The molecule has 0 aliphatic carbocycles. The molecule has 2 aliphatic rings. The summed E-state index contributed by atoms with van der Waals surface area (Å²) in [4.78, 5) is 14.2. The lowest BCUT2D eigenvalue weighted by Crippen LogP contribution is -2.53. The number of nitrogens with zero attached hydrogens (tertiary/aromatic N) is 3. The summed E-state index contributed by atoms with van der Waals surface area (Å²) in [6, 6.07) is 17.4. The third-order valence-corrected chi connectivity index (χ3v) is 8.10. The first-order valence-electron chi connectivity index (χ1n) is 12.2. The molecule has 2 aromatic carbocycles. The van der Waals surface area contributed by atoms with Crippen LogP contribution >= 0.6 is 23.7 Å². The molecule has 186 valence electrons. The Morgan fingerprint density at radius 1 is 1.11 bits per heavy atom. The van der Waals surface area contributed by atoms with Crippen LogP contribution in [0.1, 0.15) is 53.9 Å². The van der Waals surface area contributed by atoms with Crippen LogP contribution in [-0.4, -0.2) is 48.5 Å². The molecule has 0 amide bonds. The summed E-state index contributed by atoms with van der Waals surface area (Å²) in [6.45, 7) is 9.59. The first-order chi connectivity index (χ1) is 16.4. The van der Waals surface area contributed by atoms with Gasteiger partial charge >= 0.3 is 0 Å².